The molecule has 0 saturated heterocycles. The fraction of sp³-hybridized carbons (Fsp3) is 0.304. The minimum atomic E-state index is -0.386. The van der Waals surface area contributed by atoms with E-state index >= 15 is 0 Å². The maximum absolute atomic E-state index is 13.3. The molecule has 30 heavy (non-hydrogen) atoms. The van der Waals surface area contributed by atoms with E-state index in [0.717, 1.165) is 29.7 Å². The molecule has 2 rings (SSSR count). The van der Waals surface area contributed by atoms with Crippen molar-refractivity contribution in [2.24, 2.45) is 0 Å². The third kappa shape index (κ3) is 8.00. The van der Waals surface area contributed by atoms with Crippen molar-refractivity contribution >= 4 is 35.2 Å². The number of hydrogen-bond acceptors (Lipinski definition) is 4. The van der Waals surface area contributed by atoms with Gasteiger partial charge in [-0.15, -0.1) is 11.8 Å². The monoisotopic (exact) mass is 430 g/mol. The highest BCUT2D eigenvalue weighted by Crippen LogP contribution is 2.21. The SMILES string of the molecule is CSc1ccc(C=C(C(=O)NCCCCCCC(=O)NO)c2ccc(F)cc2)cc1. The Kier molecular flexibility index (Phi) is 10.1. The molecule has 3 N–H and O–H groups in total. The lowest BCUT2D eigenvalue weighted by Crippen LogP contribution is -2.25. The fourth-order valence-corrected chi connectivity index (χ4v) is 3.30. The Morgan fingerprint density at radius 3 is 2.30 bits per heavy atom. The fourth-order valence-electron chi connectivity index (χ4n) is 2.89. The lowest BCUT2D eigenvalue weighted by molar-refractivity contribution is -0.129. The average Bonchev–Trinajstić information content (AvgIpc) is 2.77. The molecule has 0 aromatic heterocycles. The van der Waals surface area contributed by atoms with E-state index in [0.29, 0.717) is 24.1 Å². The third-order valence-electron chi connectivity index (χ3n) is 4.57. The molecule has 0 saturated carbocycles. The molecule has 0 aliphatic heterocycles. The highest BCUT2D eigenvalue weighted by molar-refractivity contribution is 7.98. The number of carbonyl (C=O) groups excluding carboxylic acids is 2. The second-order valence-electron chi connectivity index (χ2n) is 6.79. The number of thioether (sulfide) groups is 1. The van der Waals surface area contributed by atoms with Crippen LogP contribution < -0.4 is 10.8 Å². The Morgan fingerprint density at radius 1 is 1.00 bits per heavy atom. The van der Waals surface area contributed by atoms with Crippen molar-refractivity contribution in [1.82, 2.24) is 10.8 Å². The van der Waals surface area contributed by atoms with Crippen LogP contribution in [0.4, 0.5) is 4.39 Å². The Morgan fingerprint density at radius 2 is 1.67 bits per heavy atom. The normalized spacial score (nSPS) is 11.2. The van der Waals surface area contributed by atoms with Crippen LogP contribution in [0, 0.1) is 5.82 Å². The van der Waals surface area contributed by atoms with Crippen molar-refractivity contribution in [2.75, 3.05) is 12.8 Å². The van der Waals surface area contributed by atoms with Crippen molar-refractivity contribution < 1.29 is 19.2 Å². The van der Waals surface area contributed by atoms with Crippen molar-refractivity contribution in [1.29, 1.82) is 0 Å². The van der Waals surface area contributed by atoms with E-state index in [1.165, 1.54) is 12.1 Å². The van der Waals surface area contributed by atoms with Gasteiger partial charge in [-0.2, -0.15) is 0 Å². The van der Waals surface area contributed by atoms with Crippen LogP contribution in [-0.4, -0.2) is 29.8 Å². The van der Waals surface area contributed by atoms with Crippen LogP contribution in [0.3, 0.4) is 0 Å². The molecule has 0 spiro atoms. The topological polar surface area (TPSA) is 78.4 Å². The van der Waals surface area contributed by atoms with Gasteiger partial charge in [-0.05, 0) is 60.6 Å². The smallest absolute Gasteiger partial charge is 0.251 e. The lowest BCUT2D eigenvalue weighted by atomic mass is 10.0. The van der Waals surface area contributed by atoms with Gasteiger partial charge >= 0.3 is 0 Å². The first-order valence-electron chi connectivity index (χ1n) is 9.86. The van der Waals surface area contributed by atoms with Crippen LogP contribution in [0.25, 0.3) is 11.6 Å². The summed E-state index contributed by atoms with van der Waals surface area (Å²) in [6.07, 6.45) is 7.27. The van der Waals surface area contributed by atoms with E-state index in [9.17, 15) is 14.0 Å². The molecular weight excluding hydrogens is 403 g/mol. The van der Waals surface area contributed by atoms with Crippen LogP contribution in [0.1, 0.15) is 43.2 Å². The quantitative estimate of drug-likeness (QED) is 0.121. The molecule has 0 aliphatic rings. The first kappa shape index (κ1) is 23.6. The minimum Gasteiger partial charge on any atom is -0.352 e. The molecule has 5 nitrogen and oxygen atoms in total. The van der Waals surface area contributed by atoms with Gasteiger partial charge in [0.2, 0.25) is 5.91 Å². The number of hydrogen-bond donors (Lipinski definition) is 3. The summed E-state index contributed by atoms with van der Waals surface area (Å²) in [5, 5.41) is 11.4. The highest BCUT2D eigenvalue weighted by Gasteiger charge is 2.12. The van der Waals surface area contributed by atoms with Crippen LogP contribution in [0.15, 0.2) is 53.4 Å². The second-order valence-corrected chi connectivity index (χ2v) is 7.67. The van der Waals surface area contributed by atoms with E-state index in [4.69, 9.17) is 5.21 Å². The number of rotatable bonds is 11. The number of halogens is 1. The number of nitrogens with one attached hydrogen (secondary N) is 2. The van der Waals surface area contributed by atoms with E-state index in [-0.39, 0.29) is 24.1 Å². The van der Waals surface area contributed by atoms with Gasteiger partial charge in [0.1, 0.15) is 5.82 Å². The summed E-state index contributed by atoms with van der Waals surface area (Å²) < 4.78 is 13.3. The van der Waals surface area contributed by atoms with Gasteiger partial charge in [0.15, 0.2) is 0 Å². The molecule has 0 atom stereocenters. The van der Waals surface area contributed by atoms with Crippen molar-refractivity contribution in [3.63, 3.8) is 0 Å². The Balaban J connectivity index is 1.98. The van der Waals surface area contributed by atoms with Crippen LogP contribution >= 0.6 is 11.8 Å². The molecule has 2 amide bonds. The van der Waals surface area contributed by atoms with Crippen molar-refractivity contribution in [2.45, 2.75) is 37.0 Å². The summed E-state index contributed by atoms with van der Waals surface area (Å²) in [6.45, 7) is 0.509. The van der Waals surface area contributed by atoms with Gasteiger partial charge in [0, 0.05) is 23.4 Å². The molecule has 0 heterocycles. The molecule has 0 aliphatic carbocycles. The summed E-state index contributed by atoms with van der Waals surface area (Å²) in [6, 6.07) is 13.8. The maximum Gasteiger partial charge on any atom is 0.251 e. The van der Waals surface area contributed by atoms with Crippen molar-refractivity contribution in [3.8, 4) is 0 Å². The minimum absolute atomic E-state index is 0.213. The van der Waals surface area contributed by atoms with Gasteiger partial charge in [-0.3, -0.25) is 14.8 Å². The van der Waals surface area contributed by atoms with E-state index in [1.54, 1.807) is 35.5 Å². The van der Waals surface area contributed by atoms with Gasteiger partial charge < -0.3 is 5.32 Å². The molecule has 0 fully saturated rings. The van der Waals surface area contributed by atoms with Gasteiger partial charge in [0.25, 0.3) is 5.91 Å². The first-order chi connectivity index (χ1) is 14.5. The zero-order valence-electron chi connectivity index (χ0n) is 17.0. The van der Waals surface area contributed by atoms with E-state index < -0.39 is 0 Å². The molecule has 160 valence electrons. The molecule has 2 aromatic rings. The van der Waals surface area contributed by atoms with E-state index in [2.05, 4.69) is 5.32 Å². The van der Waals surface area contributed by atoms with Gasteiger partial charge in [-0.25, -0.2) is 9.87 Å². The Hall–Kier alpha value is -2.64. The molecule has 0 bridgehead atoms. The van der Waals surface area contributed by atoms with Crippen LogP contribution in [-0.2, 0) is 9.59 Å². The predicted octanol–water partition coefficient (Wildman–Crippen LogP) is 4.66. The predicted molar refractivity (Wildman–Crippen MR) is 119 cm³/mol. The number of carbonyl (C=O) groups is 2. The van der Waals surface area contributed by atoms with Crippen molar-refractivity contribution in [3.05, 3.63) is 65.5 Å². The molecular formula is C23H27FN2O3S. The summed E-state index contributed by atoms with van der Waals surface area (Å²) >= 11 is 1.65. The summed E-state index contributed by atoms with van der Waals surface area (Å²) in [7, 11) is 0. The Labute approximate surface area is 180 Å². The van der Waals surface area contributed by atoms with Gasteiger partial charge in [-0.1, -0.05) is 37.1 Å². The number of benzene rings is 2. The Bertz CT molecular complexity index is 852. The zero-order valence-corrected chi connectivity index (χ0v) is 17.8. The average molecular weight is 431 g/mol. The summed E-state index contributed by atoms with van der Waals surface area (Å²) in [5.41, 5.74) is 3.63. The van der Waals surface area contributed by atoms with Crippen LogP contribution in [0.2, 0.25) is 0 Å². The number of amides is 2. The largest absolute Gasteiger partial charge is 0.352 e. The summed E-state index contributed by atoms with van der Waals surface area (Å²) in [5.74, 6) is -0.948. The third-order valence-corrected chi connectivity index (χ3v) is 5.31. The zero-order chi connectivity index (χ0) is 21.8. The number of hydroxylamine groups is 1. The summed E-state index contributed by atoms with van der Waals surface area (Å²) in [4.78, 5) is 24.9. The standard InChI is InChI=1S/C23H27FN2O3S/c1-30-20-13-7-17(8-14-20)16-21(18-9-11-19(24)12-10-18)23(28)25-15-5-3-2-4-6-22(27)26-29/h7-14,16,29H,2-6,15H2,1H3,(H,25,28)(H,26,27). The molecule has 0 radical (unpaired) electrons. The molecule has 7 heteroatoms. The lowest BCUT2D eigenvalue weighted by Gasteiger charge is -2.10. The molecule has 2 aromatic carbocycles. The van der Waals surface area contributed by atoms with Crippen LogP contribution in [0.5, 0.6) is 0 Å². The maximum atomic E-state index is 13.3. The van der Waals surface area contributed by atoms with E-state index in [1.807, 2.05) is 30.5 Å². The second kappa shape index (κ2) is 12.8. The van der Waals surface area contributed by atoms with Gasteiger partial charge in [0.05, 0.1) is 0 Å². The highest BCUT2D eigenvalue weighted by atomic mass is 32.2. The molecule has 0 unspecified atom stereocenters. The first-order valence-corrected chi connectivity index (χ1v) is 11.1. The number of unbranched alkanes of at least 4 members (excludes halogenated alkanes) is 3.